The molecule has 0 saturated carbocycles. The van der Waals surface area contributed by atoms with E-state index in [-0.39, 0.29) is 17.0 Å². The minimum absolute atomic E-state index is 0.0201. The Labute approximate surface area is 184 Å². The van der Waals surface area contributed by atoms with Crippen molar-refractivity contribution in [1.82, 2.24) is 10.0 Å². The molecule has 0 aromatic heterocycles. The van der Waals surface area contributed by atoms with Crippen LogP contribution in [0.25, 0.3) is 0 Å². The summed E-state index contributed by atoms with van der Waals surface area (Å²) in [4.78, 5) is 34.7. The molecule has 170 valence electrons. The molecule has 0 unspecified atom stereocenters. The van der Waals surface area contributed by atoms with E-state index < -0.39 is 40.1 Å². The molecule has 11 heteroatoms. The zero-order chi connectivity index (χ0) is 23.3. The van der Waals surface area contributed by atoms with Crippen LogP contribution in [0.4, 0.5) is 0 Å². The van der Waals surface area contributed by atoms with Gasteiger partial charge in [0.25, 0.3) is 5.91 Å². The predicted molar refractivity (Wildman–Crippen MR) is 112 cm³/mol. The maximum Gasteiger partial charge on any atom is 0.305 e. The normalized spacial score (nSPS) is 13.8. The summed E-state index contributed by atoms with van der Waals surface area (Å²) in [5.74, 6) is -1.42. The minimum Gasteiger partial charge on any atom is -0.486 e. The highest BCUT2D eigenvalue weighted by molar-refractivity contribution is 7.89. The second-order valence-corrected chi connectivity index (χ2v) is 8.83. The zero-order valence-corrected chi connectivity index (χ0v) is 18.0. The van der Waals surface area contributed by atoms with Gasteiger partial charge in [0.15, 0.2) is 17.3 Å². The molecule has 3 rings (SSSR count). The summed E-state index contributed by atoms with van der Waals surface area (Å²) in [6.07, 6.45) is -0.513. The average Bonchev–Trinajstić information content (AvgIpc) is 2.77. The fraction of sp³-hybridized carbons (Fsp3) is 0.286. The molecule has 1 heterocycles. The first kappa shape index (κ1) is 23.2. The first-order valence-electron chi connectivity index (χ1n) is 9.67. The first-order chi connectivity index (χ1) is 15.2. The largest absolute Gasteiger partial charge is 0.486 e. The maximum atomic E-state index is 12.6. The van der Waals surface area contributed by atoms with Crippen molar-refractivity contribution in [2.24, 2.45) is 0 Å². The number of fused-ring (bicyclic) bond motifs is 1. The Kier molecular flexibility index (Phi) is 7.11. The van der Waals surface area contributed by atoms with E-state index in [0.29, 0.717) is 30.3 Å². The summed E-state index contributed by atoms with van der Waals surface area (Å²) in [6.45, 7) is 1.92. The first-order valence-corrected chi connectivity index (χ1v) is 11.2. The molecule has 1 aliphatic heterocycles. The van der Waals surface area contributed by atoms with Gasteiger partial charge in [0, 0.05) is 18.2 Å². The molecular weight excluding hydrogens is 440 g/mol. The maximum absolute atomic E-state index is 12.6. The van der Waals surface area contributed by atoms with Crippen LogP contribution in [0.3, 0.4) is 0 Å². The lowest BCUT2D eigenvalue weighted by Crippen LogP contribution is -2.41. The van der Waals surface area contributed by atoms with Crippen LogP contribution in [0.5, 0.6) is 11.5 Å². The van der Waals surface area contributed by atoms with Gasteiger partial charge in [0.1, 0.15) is 13.2 Å². The molecule has 0 fully saturated rings. The Hall–Kier alpha value is -3.44. The van der Waals surface area contributed by atoms with Gasteiger partial charge in [0.05, 0.1) is 17.4 Å². The summed E-state index contributed by atoms with van der Waals surface area (Å²) in [5, 5.41) is 11.2. The molecule has 1 amide bonds. The molecule has 1 atom stereocenters. The van der Waals surface area contributed by atoms with Crippen LogP contribution in [0.1, 0.15) is 29.3 Å². The van der Waals surface area contributed by atoms with Gasteiger partial charge in [-0.25, -0.2) is 13.1 Å². The van der Waals surface area contributed by atoms with E-state index in [1.165, 1.54) is 37.3 Å². The van der Waals surface area contributed by atoms with Gasteiger partial charge in [0.2, 0.25) is 10.0 Å². The average molecular weight is 462 g/mol. The Bertz CT molecular complexity index is 1130. The lowest BCUT2D eigenvalue weighted by Gasteiger charge is -2.19. The van der Waals surface area contributed by atoms with Gasteiger partial charge in [-0.1, -0.05) is 12.1 Å². The molecule has 10 nitrogen and oxygen atoms in total. The topological polar surface area (TPSA) is 148 Å². The van der Waals surface area contributed by atoms with E-state index >= 15 is 0 Å². The number of aliphatic carboxylic acids is 1. The van der Waals surface area contributed by atoms with Gasteiger partial charge in [-0.2, -0.15) is 0 Å². The zero-order valence-electron chi connectivity index (χ0n) is 17.2. The van der Waals surface area contributed by atoms with Crippen molar-refractivity contribution in [3.05, 3.63) is 53.6 Å². The van der Waals surface area contributed by atoms with E-state index in [9.17, 15) is 22.8 Å². The Morgan fingerprint density at radius 3 is 2.31 bits per heavy atom. The van der Waals surface area contributed by atoms with Gasteiger partial charge in [-0.3, -0.25) is 14.4 Å². The number of ether oxygens (including phenoxy) is 2. The predicted octanol–water partition coefficient (Wildman–Crippen LogP) is 1.10. The molecule has 0 radical (unpaired) electrons. The molecule has 3 N–H and O–H groups in total. The van der Waals surface area contributed by atoms with Crippen LogP contribution >= 0.6 is 0 Å². The smallest absolute Gasteiger partial charge is 0.305 e. The van der Waals surface area contributed by atoms with E-state index in [1.807, 2.05) is 0 Å². The second-order valence-electron chi connectivity index (χ2n) is 7.06. The molecule has 0 bridgehead atoms. The number of carbonyl (C=O) groups excluding carboxylic acids is 2. The summed E-state index contributed by atoms with van der Waals surface area (Å²) in [7, 11) is -3.81. The summed E-state index contributed by atoms with van der Waals surface area (Å²) in [5.41, 5.74) is 0.802. The highest BCUT2D eigenvalue weighted by Gasteiger charge is 2.22. The fourth-order valence-corrected chi connectivity index (χ4v) is 3.97. The van der Waals surface area contributed by atoms with Gasteiger partial charge in [-0.05, 0) is 36.8 Å². The number of carboxylic acids is 1. The van der Waals surface area contributed by atoms with E-state index in [1.54, 1.807) is 12.1 Å². The van der Waals surface area contributed by atoms with Crippen LogP contribution in [0, 0.1) is 0 Å². The molecule has 0 spiro atoms. The van der Waals surface area contributed by atoms with Crippen LogP contribution in [-0.2, 0) is 26.2 Å². The van der Waals surface area contributed by atoms with Crippen molar-refractivity contribution in [1.29, 1.82) is 0 Å². The molecular formula is C21H22N2O8S. The van der Waals surface area contributed by atoms with E-state index in [4.69, 9.17) is 14.6 Å². The molecule has 2 aromatic rings. The van der Waals surface area contributed by atoms with E-state index in [2.05, 4.69) is 10.0 Å². The Morgan fingerprint density at radius 1 is 1.03 bits per heavy atom. The fourth-order valence-electron chi connectivity index (χ4n) is 2.94. The number of hydrogen-bond donors (Lipinski definition) is 3. The Morgan fingerprint density at radius 2 is 1.69 bits per heavy atom. The van der Waals surface area contributed by atoms with Crippen molar-refractivity contribution in [2.75, 3.05) is 13.2 Å². The number of amides is 1. The monoisotopic (exact) mass is 462 g/mol. The number of rotatable bonds is 9. The number of nitrogens with one attached hydrogen (secondary N) is 2. The third-order valence-electron chi connectivity index (χ3n) is 4.68. The number of sulfonamides is 1. The van der Waals surface area contributed by atoms with Crippen LogP contribution in [-0.4, -0.2) is 50.4 Å². The third kappa shape index (κ3) is 5.83. The number of hydrogen-bond acceptors (Lipinski definition) is 7. The third-order valence-corrected chi connectivity index (χ3v) is 6.08. The van der Waals surface area contributed by atoms with Crippen LogP contribution in [0.15, 0.2) is 47.4 Å². The number of Topliss-reactive ketones (excluding diaryl/α,β-unsaturated/α-hetero) is 1. The van der Waals surface area contributed by atoms with Crippen molar-refractivity contribution in [3.63, 3.8) is 0 Å². The van der Waals surface area contributed by atoms with Crippen molar-refractivity contribution in [3.8, 4) is 11.5 Å². The van der Waals surface area contributed by atoms with Crippen LogP contribution in [0.2, 0.25) is 0 Å². The van der Waals surface area contributed by atoms with Gasteiger partial charge in [-0.15, -0.1) is 0 Å². The molecule has 2 aromatic carbocycles. The molecule has 32 heavy (non-hydrogen) atoms. The highest BCUT2D eigenvalue weighted by Crippen LogP contribution is 2.32. The standard InChI is InChI=1S/C21H22N2O8S/c1-13(24)17(11-20(25)26)23-21(27)15-4-2-14(3-5-15)12-22-32(28,29)16-6-7-18-19(10-16)31-9-8-30-18/h2-7,10,17,22H,8-9,11-12H2,1H3,(H,23,27)(H,25,26)/t17-/m0/s1. The summed E-state index contributed by atoms with van der Waals surface area (Å²) in [6, 6.07) is 9.26. The van der Waals surface area contributed by atoms with Crippen LogP contribution < -0.4 is 19.5 Å². The number of benzene rings is 2. The molecule has 0 saturated heterocycles. The van der Waals surface area contributed by atoms with Gasteiger partial charge >= 0.3 is 5.97 Å². The molecule has 0 aliphatic carbocycles. The highest BCUT2D eigenvalue weighted by atomic mass is 32.2. The van der Waals surface area contributed by atoms with Gasteiger partial charge < -0.3 is 19.9 Å². The number of ketones is 1. The SMILES string of the molecule is CC(=O)[C@H](CC(=O)O)NC(=O)c1ccc(CNS(=O)(=O)c2ccc3c(c2)OCCO3)cc1. The van der Waals surface area contributed by atoms with Crippen molar-refractivity contribution in [2.45, 2.75) is 30.8 Å². The summed E-state index contributed by atoms with van der Waals surface area (Å²) < 4.78 is 38.5. The minimum atomic E-state index is -3.81. The van der Waals surface area contributed by atoms with E-state index in [0.717, 1.165) is 0 Å². The number of carbonyl (C=O) groups is 3. The lowest BCUT2D eigenvalue weighted by atomic mass is 10.1. The lowest BCUT2D eigenvalue weighted by molar-refractivity contribution is -0.139. The quantitative estimate of drug-likeness (QED) is 0.502. The Balaban J connectivity index is 1.62. The van der Waals surface area contributed by atoms with Crippen molar-refractivity contribution >= 4 is 27.7 Å². The van der Waals surface area contributed by atoms with Crippen molar-refractivity contribution < 1.29 is 37.4 Å². The number of carboxylic acid groups (broad SMARTS) is 1. The summed E-state index contributed by atoms with van der Waals surface area (Å²) >= 11 is 0. The molecule has 1 aliphatic rings. The second kappa shape index (κ2) is 9.79.